The summed E-state index contributed by atoms with van der Waals surface area (Å²) in [5.41, 5.74) is 2.79. The largest absolute Gasteiger partial charge is 0.507 e. The van der Waals surface area contributed by atoms with Gasteiger partial charge in [0, 0.05) is 12.0 Å². The molecule has 2 heteroatoms. The second kappa shape index (κ2) is 3.89. The molecule has 2 nitrogen and oxygen atoms in total. The first kappa shape index (κ1) is 9.97. The predicted molar refractivity (Wildman–Crippen MR) is 59.7 cm³/mol. The van der Waals surface area contributed by atoms with E-state index in [-0.39, 0.29) is 11.5 Å². The maximum Gasteiger partial charge on any atom is 0.155 e. The van der Waals surface area contributed by atoms with E-state index in [2.05, 4.69) is 0 Å². The maximum atomic E-state index is 11.3. The number of hydrogen-bond donors (Lipinski definition) is 1. The van der Waals surface area contributed by atoms with Crippen LogP contribution in [-0.2, 0) is 4.79 Å². The third-order valence-corrected chi connectivity index (χ3v) is 2.70. The number of carbonyl (C=O) groups excluding carboxylic acids is 1. The van der Waals surface area contributed by atoms with Gasteiger partial charge in [0.1, 0.15) is 5.75 Å². The van der Waals surface area contributed by atoms with Gasteiger partial charge in [0.15, 0.2) is 5.78 Å². The van der Waals surface area contributed by atoms with E-state index < -0.39 is 0 Å². The lowest BCUT2D eigenvalue weighted by molar-refractivity contribution is -0.114. The lowest BCUT2D eigenvalue weighted by Crippen LogP contribution is -2.02. The predicted octanol–water partition coefficient (Wildman–Crippen LogP) is 2.84. The Bertz CT molecular complexity index is 430. The summed E-state index contributed by atoms with van der Waals surface area (Å²) in [6.45, 7) is 1.93. The number of phenolic OH excluding ortho intramolecular Hbond substituents is 1. The van der Waals surface area contributed by atoms with Crippen LogP contribution >= 0.6 is 0 Å². The molecular weight excluding hydrogens is 188 g/mol. The molecule has 78 valence electrons. The normalized spacial score (nSPS) is 16.3. The van der Waals surface area contributed by atoms with E-state index >= 15 is 0 Å². The SMILES string of the molecule is Cc1ccc(C2=CC(=O)CCC2)c(O)c1. The molecule has 1 N–H and O–H groups in total. The molecule has 0 radical (unpaired) electrons. The van der Waals surface area contributed by atoms with Crippen molar-refractivity contribution in [3.05, 3.63) is 35.4 Å². The standard InChI is InChI=1S/C13H14O2/c1-9-5-6-12(13(15)7-9)10-3-2-4-11(14)8-10/h5-8,15H,2-4H2,1H3. The highest BCUT2D eigenvalue weighted by Crippen LogP contribution is 2.31. The van der Waals surface area contributed by atoms with Crippen LogP contribution in [-0.4, -0.2) is 10.9 Å². The summed E-state index contributed by atoms with van der Waals surface area (Å²) < 4.78 is 0. The van der Waals surface area contributed by atoms with Crippen LogP contribution in [0, 0.1) is 6.92 Å². The molecule has 1 aromatic rings. The van der Waals surface area contributed by atoms with Crippen LogP contribution in [0.25, 0.3) is 5.57 Å². The average molecular weight is 202 g/mol. The fraction of sp³-hybridized carbons (Fsp3) is 0.308. The number of allylic oxidation sites excluding steroid dienone is 2. The summed E-state index contributed by atoms with van der Waals surface area (Å²) in [7, 11) is 0. The Kier molecular flexibility index (Phi) is 2.58. The minimum absolute atomic E-state index is 0.163. The third kappa shape index (κ3) is 2.09. The van der Waals surface area contributed by atoms with Gasteiger partial charge < -0.3 is 5.11 Å². The quantitative estimate of drug-likeness (QED) is 0.760. The van der Waals surface area contributed by atoms with Crippen molar-refractivity contribution in [3.63, 3.8) is 0 Å². The highest BCUT2D eigenvalue weighted by Gasteiger charge is 2.13. The topological polar surface area (TPSA) is 37.3 Å². The van der Waals surface area contributed by atoms with Crippen molar-refractivity contribution in [1.29, 1.82) is 0 Å². The molecule has 0 aromatic heterocycles. The molecule has 0 atom stereocenters. The zero-order chi connectivity index (χ0) is 10.8. The number of carbonyl (C=O) groups is 1. The van der Waals surface area contributed by atoms with Gasteiger partial charge in [0.05, 0.1) is 0 Å². The number of ketones is 1. The molecule has 0 bridgehead atoms. The van der Waals surface area contributed by atoms with Crippen LogP contribution in [0.2, 0.25) is 0 Å². The zero-order valence-corrected chi connectivity index (χ0v) is 8.79. The molecule has 0 amide bonds. The Morgan fingerprint density at radius 1 is 1.27 bits per heavy atom. The van der Waals surface area contributed by atoms with Gasteiger partial charge in [-0.2, -0.15) is 0 Å². The van der Waals surface area contributed by atoms with Crippen LogP contribution in [0.3, 0.4) is 0 Å². The van der Waals surface area contributed by atoms with Crippen LogP contribution < -0.4 is 0 Å². The first-order valence-electron chi connectivity index (χ1n) is 5.20. The van der Waals surface area contributed by atoms with Crippen LogP contribution in [0.15, 0.2) is 24.3 Å². The maximum absolute atomic E-state index is 11.3. The van der Waals surface area contributed by atoms with Crippen molar-refractivity contribution in [2.45, 2.75) is 26.2 Å². The molecule has 0 fully saturated rings. The molecule has 2 rings (SSSR count). The van der Waals surface area contributed by atoms with E-state index in [1.165, 1.54) is 0 Å². The minimum atomic E-state index is 0.163. The molecule has 0 aliphatic heterocycles. The lowest BCUT2D eigenvalue weighted by atomic mass is 9.92. The van der Waals surface area contributed by atoms with E-state index in [0.29, 0.717) is 6.42 Å². The molecule has 0 spiro atoms. The number of aryl methyl sites for hydroxylation is 1. The van der Waals surface area contributed by atoms with Crippen molar-refractivity contribution in [3.8, 4) is 5.75 Å². The van der Waals surface area contributed by atoms with Crippen molar-refractivity contribution in [1.82, 2.24) is 0 Å². The van der Waals surface area contributed by atoms with Gasteiger partial charge in [-0.25, -0.2) is 0 Å². The molecule has 1 aliphatic rings. The number of aromatic hydroxyl groups is 1. The van der Waals surface area contributed by atoms with E-state index in [1.807, 2.05) is 19.1 Å². The fourth-order valence-electron chi connectivity index (χ4n) is 1.92. The van der Waals surface area contributed by atoms with E-state index in [0.717, 1.165) is 29.5 Å². The minimum Gasteiger partial charge on any atom is -0.507 e. The lowest BCUT2D eigenvalue weighted by Gasteiger charge is -2.13. The van der Waals surface area contributed by atoms with Crippen LogP contribution in [0.5, 0.6) is 5.75 Å². The van der Waals surface area contributed by atoms with Gasteiger partial charge >= 0.3 is 0 Å². The summed E-state index contributed by atoms with van der Waals surface area (Å²) in [5.74, 6) is 0.437. The zero-order valence-electron chi connectivity index (χ0n) is 8.79. The number of phenols is 1. The van der Waals surface area contributed by atoms with Crippen molar-refractivity contribution >= 4 is 11.4 Å². The fourth-order valence-corrected chi connectivity index (χ4v) is 1.92. The molecule has 0 unspecified atom stereocenters. The molecule has 15 heavy (non-hydrogen) atoms. The number of rotatable bonds is 1. The Morgan fingerprint density at radius 2 is 2.07 bits per heavy atom. The summed E-state index contributed by atoms with van der Waals surface area (Å²) >= 11 is 0. The van der Waals surface area contributed by atoms with E-state index in [4.69, 9.17) is 0 Å². The smallest absolute Gasteiger partial charge is 0.155 e. The van der Waals surface area contributed by atoms with Gasteiger partial charge in [-0.05, 0) is 43.0 Å². The van der Waals surface area contributed by atoms with Crippen molar-refractivity contribution in [2.24, 2.45) is 0 Å². The highest BCUT2D eigenvalue weighted by atomic mass is 16.3. The molecule has 0 heterocycles. The molecule has 1 aromatic carbocycles. The van der Waals surface area contributed by atoms with Crippen LogP contribution in [0.1, 0.15) is 30.4 Å². The molecule has 0 saturated heterocycles. The molecular formula is C13H14O2. The Balaban J connectivity index is 2.41. The van der Waals surface area contributed by atoms with Crippen molar-refractivity contribution in [2.75, 3.05) is 0 Å². The third-order valence-electron chi connectivity index (χ3n) is 2.70. The van der Waals surface area contributed by atoms with Crippen molar-refractivity contribution < 1.29 is 9.90 Å². The van der Waals surface area contributed by atoms with Gasteiger partial charge in [-0.3, -0.25) is 4.79 Å². The average Bonchev–Trinajstić information content (AvgIpc) is 2.17. The number of benzene rings is 1. The molecule has 1 aliphatic carbocycles. The highest BCUT2D eigenvalue weighted by molar-refractivity contribution is 5.98. The molecule has 0 saturated carbocycles. The van der Waals surface area contributed by atoms with Gasteiger partial charge in [0.2, 0.25) is 0 Å². The van der Waals surface area contributed by atoms with Gasteiger partial charge in [0.25, 0.3) is 0 Å². The summed E-state index contributed by atoms with van der Waals surface area (Å²) in [4.78, 5) is 11.3. The van der Waals surface area contributed by atoms with E-state index in [1.54, 1.807) is 12.1 Å². The van der Waals surface area contributed by atoms with Crippen LogP contribution in [0.4, 0.5) is 0 Å². The van der Waals surface area contributed by atoms with E-state index in [9.17, 15) is 9.90 Å². The Hall–Kier alpha value is -1.57. The second-order valence-corrected chi connectivity index (χ2v) is 4.01. The Morgan fingerprint density at radius 3 is 2.73 bits per heavy atom. The second-order valence-electron chi connectivity index (χ2n) is 4.01. The van der Waals surface area contributed by atoms with Gasteiger partial charge in [-0.15, -0.1) is 0 Å². The first-order valence-corrected chi connectivity index (χ1v) is 5.20. The number of hydrogen-bond acceptors (Lipinski definition) is 2. The summed E-state index contributed by atoms with van der Waals surface area (Å²) in [6, 6.07) is 5.57. The monoisotopic (exact) mass is 202 g/mol. The Labute approximate surface area is 89.2 Å². The first-order chi connectivity index (χ1) is 7.16. The summed E-state index contributed by atoms with van der Waals surface area (Å²) in [5, 5.41) is 9.78. The summed E-state index contributed by atoms with van der Waals surface area (Å²) in [6.07, 6.45) is 4.06. The van der Waals surface area contributed by atoms with Gasteiger partial charge in [-0.1, -0.05) is 12.1 Å².